The van der Waals surface area contributed by atoms with Gasteiger partial charge in [-0.15, -0.1) is 23.7 Å². The Kier molecular flexibility index (Phi) is 7.47. The Morgan fingerprint density at radius 1 is 1.14 bits per heavy atom. The van der Waals surface area contributed by atoms with Gasteiger partial charge in [0, 0.05) is 28.8 Å². The molecule has 0 saturated carbocycles. The topological polar surface area (TPSA) is 46.4 Å². The minimum Gasteiger partial charge on any atom is -0.326 e. The van der Waals surface area contributed by atoms with Crippen molar-refractivity contribution in [2.45, 2.75) is 27.2 Å². The predicted molar refractivity (Wildman–Crippen MR) is 120 cm³/mol. The van der Waals surface area contributed by atoms with Gasteiger partial charge in [-0.25, -0.2) is 4.99 Å². The average Bonchev–Trinajstić information content (AvgIpc) is 2.94. The normalized spacial score (nSPS) is 11.2. The summed E-state index contributed by atoms with van der Waals surface area (Å²) in [6, 6.07) is 11.7. The molecule has 3 aromatic rings. The van der Waals surface area contributed by atoms with Crippen LogP contribution in [-0.2, 0) is 18.3 Å². The zero-order valence-electron chi connectivity index (χ0n) is 16.2. The summed E-state index contributed by atoms with van der Waals surface area (Å²) in [5.41, 5.74) is 5.90. The number of rotatable bonds is 4. The number of anilines is 1. The molecule has 3 rings (SSSR count). The van der Waals surface area contributed by atoms with Gasteiger partial charge in [0.1, 0.15) is 0 Å². The third-order valence-corrected chi connectivity index (χ3v) is 5.76. The van der Waals surface area contributed by atoms with Crippen molar-refractivity contribution in [3.05, 3.63) is 74.0 Å². The molecule has 1 amide bonds. The van der Waals surface area contributed by atoms with Crippen LogP contribution in [-0.4, -0.2) is 10.5 Å². The van der Waals surface area contributed by atoms with Crippen LogP contribution in [0.2, 0.25) is 5.02 Å². The predicted octanol–water partition coefficient (Wildman–Crippen LogP) is 5.50. The number of amides is 1. The Bertz CT molecular complexity index is 1070. The van der Waals surface area contributed by atoms with E-state index in [-0.39, 0.29) is 24.7 Å². The van der Waals surface area contributed by atoms with E-state index in [1.54, 1.807) is 6.07 Å². The van der Waals surface area contributed by atoms with Crippen molar-refractivity contribution in [3.8, 4) is 0 Å². The second-order valence-corrected chi connectivity index (χ2v) is 7.90. The molecule has 28 heavy (non-hydrogen) atoms. The lowest BCUT2D eigenvalue weighted by Crippen LogP contribution is -2.19. The summed E-state index contributed by atoms with van der Waals surface area (Å²) < 4.78 is 1.96. The van der Waals surface area contributed by atoms with Crippen LogP contribution >= 0.6 is 35.3 Å². The van der Waals surface area contributed by atoms with Crippen molar-refractivity contribution < 1.29 is 4.79 Å². The third kappa shape index (κ3) is 5.25. The Hall–Kier alpha value is -2.08. The highest BCUT2D eigenvalue weighted by atomic mass is 35.5. The molecule has 7 heteroatoms. The largest absolute Gasteiger partial charge is 0.326 e. The van der Waals surface area contributed by atoms with Crippen molar-refractivity contribution in [1.29, 1.82) is 0 Å². The molecule has 0 aliphatic heterocycles. The first kappa shape index (κ1) is 22.2. The molecule has 0 spiro atoms. The van der Waals surface area contributed by atoms with Crippen molar-refractivity contribution in [3.63, 3.8) is 0 Å². The molecule has 1 heterocycles. The summed E-state index contributed by atoms with van der Waals surface area (Å²) in [4.78, 5) is 18.0. The highest BCUT2D eigenvalue weighted by molar-refractivity contribution is 7.07. The summed E-state index contributed by atoms with van der Waals surface area (Å²) in [6.07, 6.45) is 0.279. The number of carbonyl (C=O) groups excluding carboxylic acids is 1. The van der Waals surface area contributed by atoms with Crippen LogP contribution in [0.4, 0.5) is 11.4 Å². The van der Waals surface area contributed by atoms with E-state index in [0.29, 0.717) is 10.7 Å². The third-order valence-electron chi connectivity index (χ3n) is 4.38. The van der Waals surface area contributed by atoms with Crippen molar-refractivity contribution in [2.75, 3.05) is 5.32 Å². The number of hydrogen-bond donors (Lipinski definition) is 1. The molecule has 0 aliphatic carbocycles. The summed E-state index contributed by atoms with van der Waals surface area (Å²) in [6.45, 7) is 6.06. The first-order chi connectivity index (χ1) is 12.8. The summed E-state index contributed by atoms with van der Waals surface area (Å²) in [5, 5.41) is 5.52. The van der Waals surface area contributed by atoms with E-state index in [9.17, 15) is 4.79 Å². The van der Waals surface area contributed by atoms with Crippen LogP contribution in [0, 0.1) is 20.8 Å². The van der Waals surface area contributed by atoms with Crippen LogP contribution in [0.1, 0.15) is 22.4 Å². The van der Waals surface area contributed by atoms with Gasteiger partial charge < -0.3 is 9.88 Å². The van der Waals surface area contributed by atoms with E-state index in [2.05, 4.69) is 31.3 Å². The Balaban J connectivity index is 0.00000280. The van der Waals surface area contributed by atoms with Crippen LogP contribution in [0.25, 0.3) is 0 Å². The SMILES string of the molecule is Cc1ccc(N=c2scc(CC(=O)Nc3ccc(C)c(Cl)c3)n2C)c(C)c1.Cl. The van der Waals surface area contributed by atoms with Crippen molar-refractivity contribution in [1.82, 2.24) is 4.57 Å². The molecule has 0 unspecified atom stereocenters. The lowest BCUT2D eigenvalue weighted by atomic mass is 10.1. The first-order valence-electron chi connectivity index (χ1n) is 8.65. The minimum absolute atomic E-state index is 0. The second-order valence-electron chi connectivity index (χ2n) is 6.66. The Morgan fingerprint density at radius 2 is 1.89 bits per heavy atom. The average molecular weight is 436 g/mol. The fraction of sp³-hybridized carbons (Fsp3) is 0.238. The monoisotopic (exact) mass is 435 g/mol. The molecule has 4 nitrogen and oxygen atoms in total. The number of aromatic nitrogens is 1. The van der Waals surface area contributed by atoms with Gasteiger partial charge in [-0.2, -0.15) is 0 Å². The lowest BCUT2D eigenvalue weighted by Gasteiger charge is -2.07. The molecule has 148 valence electrons. The molecular weight excluding hydrogens is 413 g/mol. The number of halogens is 2. The fourth-order valence-electron chi connectivity index (χ4n) is 2.74. The van der Waals surface area contributed by atoms with Crippen LogP contribution < -0.4 is 10.1 Å². The van der Waals surface area contributed by atoms with Gasteiger partial charge in [0.15, 0.2) is 4.80 Å². The number of hydrogen-bond acceptors (Lipinski definition) is 3. The molecule has 0 fully saturated rings. The van der Waals surface area contributed by atoms with E-state index >= 15 is 0 Å². The molecule has 0 bridgehead atoms. The van der Waals surface area contributed by atoms with E-state index in [0.717, 1.165) is 27.3 Å². The quantitative estimate of drug-likeness (QED) is 0.577. The molecule has 1 N–H and O–H groups in total. The number of benzene rings is 2. The van der Waals surface area contributed by atoms with Gasteiger partial charge >= 0.3 is 0 Å². The Labute approximate surface area is 180 Å². The van der Waals surface area contributed by atoms with Crippen LogP contribution in [0.5, 0.6) is 0 Å². The maximum absolute atomic E-state index is 12.4. The molecule has 0 saturated heterocycles. The van der Waals surface area contributed by atoms with Gasteiger partial charge in [0.25, 0.3) is 0 Å². The van der Waals surface area contributed by atoms with Gasteiger partial charge in [0.2, 0.25) is 5.91 Å². The number of thiazole rings is 1. The van der Waals surface area contributed by atoms with Crippen LogP contribution in [0.3, 0.4) is 0 Å². The summed E-state index contributed by atoms with van der Waals surface area (Å²) in [5.74, 6) is -0.0820. The smallest absolute Gasteiger partial charge is 0.230 e. The lowest BCUT2D eigenvalue weighted by molar-refractivity contribution is -0.115. The van der Waals surface area contributed by atoms with E-state index in [1.165, 1.54) is 16.9 Å². The maximum Gasteiger partial charge on any atom is 0.230 e. The number of nitrogens with zero attached hydrogens (tertiary/aromatic N) is 2. The number of nitrogens with one attached hydrogen (secondary N) is 1. The standard InChI is InChI=1S/C21H22ClN3OS.ClH/c1-13-5-8-19(15(3)9-13)24-21-25(4)17(12-27-21)11-20(26)23-16-7-6-14(2)18(22)10-16;/h5-10,12H,11H2,1-4H3,(H,23,26);1H. The van der Waals surface area contributed by atoms with Crippen molar-refractivity contribution >= 4 is 52.6 Å². The molecule has 1 aromatic heterocycles. The Morgan fingerprint density at radius 3 is 2.57 bits per heavy atom. The molecular formula is C21H23Cl2N3OS. The van der Waals surface area contributed by atoms with Crippen molar-refractivity contribution in [2.24, 2.45) is 12.0 Å². The number of aryl methyl sites for hydroxylation is 3. The van der Waals surface area contributed by atoms with Gasteiger partial charge in [-0.05, 0) is 50.1 Å². The van der Waals surface area contributed by atoms with E-state index in [1.807, 2.05) is 42.1 Å². The molecule has 2 aromatic carbocycles. The first-order valence-corrected chi connectivity index (χ1v) is 9.90. The number of carbonyl (C=O) groups is 1. The maximum atomic E-state index is 12.4. The van der Waals surface area contributed by atoms with E-state index < -0.39 is 0 Å². The second kappa shape index (κ2) is 9.41. The minimum atomic E-state index is -0.0820. The van der Waals surface area contributed by atoms with E-state index in [4.69, 9.17) is 16.6 Å². The fourth-order valence-corrected chi connectivity index (χ4v) is 3.83. The van der Waals surface area contributed by atoms with Gasteiger partial charge in [-0.3, -0.25) is 4.79 Å². The highest BCUT2D eigenvalue weighted by Crippen LogP contribution is 2.21. The molecule has 0 radical (unpaired) electrons. The zero-order chi connectivity index (χ0) is 19.6. The summed E-state index contributed by atoms with van der Waals surface area (Å²) >= 11 is 7.65. The molecule has 0 atom stereocenters. The highest BCUT2D eigenvalue weighted by Gasteiger charge is 2.10. The molecule has 0 aliphatic rings. The zero-order valence-corrected chi connectivity index (χ0v) is 18.6. The van der Waals surface area contributed by atoms with Gasteiger partial charge in [-0.1, -0.05) is 35.4 Å². The van der Waals surface area contributed by atoms with Crippen LogP contribution in [0.15, 0.2) is 46.8 Å². The van der Waals surface area contributed by atoms with Gasteiger partial charge in [0.05, 0.1) is 12.1 Å². The summed E-state index contributed by atoms with van der Waals surface area (Å²) in [7, 11) is 1.93.